The van der Waals surface area contributed by atoms with E-state index in [0.717, 1.165) is 10.0 Å². The fraction of sp³-hybridized carbons (Fsp3) is 0.200. The van der Waals surface area contributed by atoms with Gasteiger partial charge in [-0.05, 0) is 24.6 Å². The van der Waals surface area contributed by atoms with Crippen molar-refractivity contribution in [2.45, 2.75) is 13.5 Å². The first kappa shape index (κ1) is 14.5. The summed E-state index contributed by atoms with van der Waals surface area (Å²) < 4.78 is 0.988. The number of nitrogens with two attached hydrogens (primary N) is 1. The summed E-state index contributed by atoms with van der Waals surface area (Å²) in [5, 5.41) is 0. The normalized spacial score (nSPS) is 10.3. The van der Waals surface area contributed by atoms with Crippen LogP contribution < -0.4 is 5.73 Å². The summed E-state index contributed by atoms with van der Waals surface area (Å²) in [6.07, 6.45) is 1.56. The molecule has 1 aromatic carbocycles. The predicted octanol–water partition coefficient (Wildman–Crippen LogP) is 3.01. The molecule has 20 heavy (non-hydrogen) atoms. The van der Waals surface area contributed by atoms with Gasteiger partial charge in [-0.3, -0.25) is 9.78 Å². The van der Waals surface area contributed by atoms with Gasteiger partial charge in [0.25, 0.3) is 5.91 Å². The number of benzene rings is 1. The molecule has 1 aromatic heterocycles. The number of hydrogen-bond donors (Lipinski definition) is 1. The monoisotopic (exact) mass is 333 g/mol. The second kappa shape index (κ2) is 6.05. The van der Waals surface area contributed by atoms with E-state index in [-0.39, 0.29) is 5.91 Å². The van der Waals surface area contributed by atoms with Gasteiger partial charge in [-0.1, -0.05) is 34.1 Å². The molecule has 5 heteroatoms. The van der Waals surface area contributed by atoms with Crippen LogP contribution in [0.5, 0.6) is 0 Å². The molecule has 0 fully saturated rings. The van der Waals surface area contributed by atoms with Crippen LogP contribution in [-0.2, 0) is 6.54 Å². The highest BCUT2D eigenvalue weighted by atomic mass is 79.9. The number of nitrogen functional groups attached to an aromatic ring is 1. The first-order valence-electron chi connectivity index (χ1n) is 6.20. The molecular formula is C15H16BrN3O. The lowest BCUT2D eigenvalue weighted by Gasteiger charge is -2.19. The fourth-order valence-electron chi connectivity index (χ4n) is 1.93. The topological polar surface area (TPSA) is 59.2 Å². The molecule has 4 nitrogen and oxygen atoms in total. The molecule has 2 N–H and O–H groups in total. The average Bonchev–Trinajstić information content (AvgIpc) is 2.43. The van der Waals surface area contributed by atoms with E-state index in [2.05, 4.69) is 20.9 Å². The minimum absolute atomic E-state index is 0.0851. The van der Waals surface area contributed by atoms with Crippen molar-refractivity contribution in [3.05, 3.63) is 57.8 Å². The Bertz CT molecular complexity index is 643. The van der Waals surface area contributed by atoms with Crippen LogP contribution in [0, 0.1) is 6.92 Å². The molecule has 104 valence electrons. The Hall–Kier alpha value is -1.88. The molecule has 0 aliphatic heterocycles. The van der Waals surface area contributed by atoms with E-state index < -0.39 is 0 Å². The molecular weight excluding hydrogens is 318 g/mol. The molecule has 0 aliphatic carbocycles. The van der Waals surface area contributed by atoms with E-state index in [0.29, 0.717) is 23.5 Å². The number of amides is 1. The van der Waals surface area contributed by atoms with E-state index in [4.69, 9.17) is 5.73 Å². The van der Waals surface area contributed by atoms with Crippen LogP contribution in [0.1, 0.15) is 21.6 Å². The van der Waals surface area contributed by atoms with E-state index in [1.807, 2.05) is 24.3 Å². The van der Waals surface area contributed by atoms with Crippen molar-refractivity contribution in [2.24, 2.45) is 0 Å². The minimum atomic E-state index is -0.0851. The molecule has 1 amide bonds. The highest BCUT2D eigenvalue weighted by Gasteiger charge is 2.16. The molecule has 0 unspecified atom stereocenters. The maximum absolute atomic E-state index is 12.4. The Kier molecular flexibility index (Phi) is 4.39. The van der Waals surface area contributed by atoms with Gasteiger partial charge in [0.05, 0.1) is 23.1 Å². The quantitative estimate of drug-likeness (QED) is 0.939. The highest BCUT2D eigenvalue weighted by molar-refractivity contribution is 9.10. The van der Waals surface area contributed by atoms with E-state index in [1.54, 1.807) is 31.1 Å². The van der Waals surface area contributed by atoms with Crippen LogP contribution in [-0.4, -0.2) is 22.8 Å². The van der Waals surface area contributed by atoms with Crippen LogP contribution in [0.4, 0.5) is 5.69 Å². The Morgan fingerprint density at radius 1 is 1.40 bits per heavy atom. The smallest absolute Gasteiger partial charge is 0.255 e. The van der Waals surface area contributed by atoms with Crippen molar-refractivity contribution in [1.82, 2.24) is 9.88 Å². The minimum Gasteiger partial charge on any atom is -0.397 e. The maximum atomic E-state index is 12.4. The number of aryl methyl sites for hydroxylation is 1. The third-order valence-electron chi connectivity index (χ3n) is 3.05. The zero-order chi connectivity index (χ0) is 14.7. The van der Waals surface area contributed by atoms with Crippen LogP contribution in [0.2, 0.25) is 0 Å². The molecule has 0 atom stereocenters. The molecule has 1 heterocycles. The largest absolute Gasteiger partial charge is 0.397 e. The van der Waals surface area contributed by atoms with Gasteiger partial charge < -0.3 is 10.6 Å². The third kappa shape index (κ3) is 3.17. The van der Waals surface area contributed by atoms with Gasteiger partial charge in [-0.2, -0.15) is 0 Å². The zero-order valence-electron chi connectivity index (χ0n) is 11.4. The number of halogens is 1. The second-order valence-electron chi connectivity index (χ2n) is 4.65. The van der Waals surface area contributed by atoms with E-state index in [9.17, 15) is 4.79 Å². The van der Waals surface area contributed by atoms with Gasteiger partial charge in [0.15, 0.2) is 0 Å². The second-order valence-corrected chi connectivity index (χ2v) is 5.51. The van der Waals surface area contributed by atoms with Crippen molar-refractivity contribution in [3.63, 3.8) is 0 Å². The predicted molar refractivity (Wildman–Crippen MR) is 83.3 cm³/mol. The number of anilines is 1. The number of pyridine rings is 1. The Balaban J connectivity index is 2.21. The van der Waals surface area contributed by atoms with Gasteiger partial charge in [-0.15, -0.1) is 0 Å². The maximum Gasteiger partial charge on any atom is 0.255 e. The summed E-state index contributed by atoms with van der Waals surface area (Å²) in [7, 11) is 1.77. The number of carbonyl (C=O) groups excluding carboxylic acids is 1. The lowest BCUT2D eigenvalue weighted by molar-refractivity contribution is 0.0783. The molecule has 2 rings (SSSR count). The molecule has 0 bridgehead atoms. The van der Waals surface area contributed by atoms with Crippen molar-refractivity contribution < 1.29 is 4.79 Å². The summed E-state index contributed by atoms with van der Waals surface area (Å²) in [6, 6.07) is 9.51. The number of nitrogens with zero attached hydrogens (tertiary/aromatic N) is 2. The van der Waals surface area contributed by atoms with Crippen LogP contribution >= 0.6 is 15.9 Å². The molecule has 0 radical (unpaired) electrons. The van der Waals surface area contributed by atoms with Gasteiger partial charge in [0.2, 0.25) is 0 Å². The van der Waals surface area contributed by atoms with Gasteiger partial charge in [0, 0.05) is 18.1 Å². The number of rotatable bonds is 3. The van der Waals surface area contributed by atoms with Crippen molar-refractivity contribution in [1.29, 1.82) is 0 Å². The summed E-state index contributed by atoms with van der Waals surface area (Å²) in [6.45, 7) is 2.33. The van der Waals surface area contributed by atoms with Gasteiger partial charge in [-0.25, -0.2) is 0 Å². The van der Waals surface area contributed by atoms with Crippen molar-refractivity contribution in [3.8, 4) is 0 Å². The molecule has 0 aliphatic rings. The Morgan fingerprint density at radius 3 is 2.80 bits per heavy atom. The summed E-state index contributed by atoms with van der Waals surface area (Å²) in [5.41, 5.74) is 8.47. The fourth-order valence-corrected chi connectivity index (χ4v) is 2.34. The number of carbonyl (C=O) groups is 1. The summed E-state index contributed by atoms with van der Waals surface area (Å²) in [4.78, 5) is 18.2. The van der Waals surface area contributed by atoms with Crippen LogP contribution in [0.3, 0.4) is 0 Å². The third-order valence-corrected chi connectivity index (χ3v) is 3.82. The molecule has 0 spiro atoms. The standard InChI is InChI=1S/C15H16BrN3O/c1-10-13(7-12(17)8-18-10)15(20)19(2)9-11-5-3-4-6-14(11)16/h3-8H,9,17H2,1-2H3. The van der Waals surface area contributed by atoms with Crippen LogP contribution in [0.15, 0.2) is 41.0 Å². The summed E-state index contributed by atoms with van der Waals surface area (Å²) >= 11 is 3.49. The van der Waals surface area contributed by atoms with Gasteiger partial charge >= 0.3 is 0 Å². The lowest BCUT2D eigenvalue weighted by atomic mass is 10.1. The highest BCUT2D eigenvalue weighted by Crippen LogP contribution is 2.19. The number of hydrogen-bond acceptors (Lipinski definition) is 3. The SMILES string of the molecule is Cc1ncc(N)cc1C(=O)N(C)Cc1ccccc1Br. The summed E-state index contributed by atoms with van der Waals surface area (Å²) in [5.74, 6) is -0.0851. The van der Waals surface area contributed by atoms with E-state index >= 15 is 0 Å². The average molecular weight is 334 g/mol. The molecule has 0 saturated carbocycles. The van der Waals surface area contributed by atoms with Gasteiger partial charge in [0.1, 0.15) is 0 Å². The van der Waals surface area contributed by atoms with Crippen molar-refractivity contribution in [2.75, 3.05) is 12.8 Å². The molecule has 2 aromatic rings. The Labute approximate surface area is 126 Å². The first-order valence-corrected chi connectivity index (χ1v) is 6.99. The van der Waals surface area contributed by atoms with Crippen LogP contribution in [0.25, 0.3) is 0 Å². The van der Waals surface area contributed by atoms with E-state index in [1.165, 1.54) is 0 Å². The number of aromatic nitrogens is 1. The lowest BCUT2D eigenvalue weighted by Crippen LogP contribution is -2.27. The van der Waals surface area contributed by atoms with Crippen molar-refractivity contribution >= 4 is 27.5 Å². The first-order chi connectivity index (χ1) is 9.49. The Morgan fingerprint density at radius 2 is 2.10 bits per heavy atom. The molecule has 0 saturated heterocycles. The zero-order valence-corrected chi connectivity index (χ0v) is 13.0.